The molecule has 4 nitrogen and oxygen atoms in total. The molecule has 0 aromatic heterocycles. The highest BCUT2D eigenvalue weighted by Gasteiger charge is 2.14. The molecular formula is C10H13NO3. The van der Waals surface area contributed by atoms with E-state index in [4.69, 9.17) is 0 Å². The average molecular weight is 195 g/mol. The predicted octanol–water partition coefficient (Wildman–Crippen LogP) is 1.24. The molecule has 76 valence electrons. The summed E-state index contributed by atoms with van der Waals surface area (Å²) in [6, 6.07) is 4.20. The summed E-state index contributed by atoms with van der Waals surface area (Å²) in [4.78, 5) is 11.4. The second-order valence-corrected chi connectivity index (χ2v) is 2.93. The van der Waals surface area contributed by atoms with Gasteiger partial charge in [-0.25, -0.2) is 0 Å². The Labute approximate surface area is 82.2 Å². The van der Waals surface area contributed by atoms with Crippen LogP contribution in [0.15, 0.2) is 18.2 Å². The van der Waals surface area contributed by atoms with Crippen molar-refractivity contribution in [2.24, 2.45) is 0 Å². The molecular weight excluding hydrogens is 182 g/mol. The van der Waals surface area contributed by atoms with Crippen molar-refractivity contribution in [1.29, 1.82) is 0 Å². The number of carbonyl (C=O) groups is 1. The lowest BCUT2D eigenvalue weighted by Gasteiger charge is -2.06. The van der Waals surface area contributed by atoms with Crippen molar-refractivity contribution in [2.75, 3.05) is 6.54 Å². The smallest absolute Gasteiger partial charge is 0.258 e. The van der Waals surface area contributed by atoms with E-state index in [0.29, 0.717) is 6.54 Å². The Bertz CT molecular complexity index is 316. The molecule has 4 heteroatoms. The van der Waals surface area contributed by atoms with Crippen LogP contribution in [0.4, 0.5) is 0 Å². The van der Waals surface area contributed by atoms with Crippen LogP contribution in [-0.2, 0) is 0 Å². The number of phenolic OH excluding ortho intramolecular Hbond substituents is 2. The molecule has 14 heavy (non-hydrogen) atoms. The van der Waals surface area contributed by atoms with Crippen molar-refractivity contribution >= 4 is 5.91 Å². The lowest BCUT2D eigenvalue weighted by atomic mass is 10.1. The summed E-state index contributed by atoms with van der Waals surface area (Å²) in [5.41, 5.74) is -0.0686. The van der Waals surface area contributed by atoms with E-state index < -0.39 is 5.91 Å². The quantitative estimate of drug-likeness (QED) is 0.679. The Kier molecular flexibility index (Phi) is 3.34. The Morgan fingerprint density at radius 2 is 1.93 bits per heavy atom. The molecule has 0 radical (unpaired) electrons. The topological polar surface area (TPSA) is 69.6 Å². The zero-order valence-electron chi connectivity index (χ0n) is 7.95. The van der Waals surface area contributed by atoms with Gasteiger partial charge in [-0.05, 0) is 18.6 Å². The maximum Gasteiger partial charge on any atom is 0.258 e. The standard InChI is InChI=1S/C10H13NO3/c1-2-6-11-10(14)9-7(12)4-3-5-8(9)13/h3-5,12-13H,2,6H2,1H3,(H,11,14). The fraction of sp³-hybridized carbons (Fsp3) is 0.300. The number of amides is 1. The Morgan fingerprint density at radius 1 is 1.36 bits per heavy atom. The van der Waals surface area contributed by atoms with Crippen LogP contribution in [-0.4, -0.2) is 22.7 Å². The first-order chi connectivity index (χ1) is 6.66. The van der Waals surface area contributed by atoms with Crippen molar-refractivity contribution in [3.63, 3.8) is 0 Å². The van der Waals surface area contributed by atoms with Gasteiger partial charge in [-0.15, -0.1) is 0 Å². The molecule has 0 fully saturated rings. The monoisotopic (exact) mass is 195 g/mol. The highest BCUT2D eigenvalue weighted by Crippen LogP contribution is 2.25. The van der Waals surface area contributed by atoms with Gasteiger partial charge in [0.25, 0.3) is 5.91 Å². The van der Waals surface area contributed by atoms with Crippen molar-refractivity contribution in [1.82, 2.24) is 5.32 Å². The number of hydrogen-bond donors (Lipinski definition) is 3. The number of phenols is 2. The average Bonchev–Trinajstić information content (AvgIpc) is 2.14. The fourth-order valence-electron chi connectivity index (χ4n) is 1.09. The zero-order valence-corrected chi connectivity index (χ0v) is 7.95. The molecule has 0 spiro atoms. The number of carbonyl (C=O) groups excluding carboxylic acids is 1. The van der Waals surface area contributed by atoms with Crippen LogP contribution in [0.2, 0.25) is 0 Å². The van der Waals surface area contributed by atoms with Gasteiger partial charge in [0.15, 0.2) is 0 Å². The van der Waals surface area contributed by atoms with Gasteiger partial charge in [0.2, 0.25) is 0 Å². The third kappa shape index (κ3) is 2.16. The van der Waals surface area contributed by atoms with E-state index in [1.54, 1.807) is 0 Å². The van der Waals surface area contributed by atoms with Gasteiger partial charge in [-0.1, -0.05) is 13.0 Å². The minimum atomic E-state index is -0.456. The predicted molar refractivity (Wildman–Crippen MR) is 52.4 cm³/mol. The molecule has 1 rings (SSSR count). The summed E-state index contributed by atoms with van der Waals surface area (Å²) in [5.74, 6) is -0.875. The first kappa shape index (κ1) is 10.4. The SMILES string of the molecule is CCCNC(=O)c1c(O)cccc1O. The van der Waals surface area contributed by atoms with Gasteiger partial charge >= 0.3 is 0 Å². The highest BCUT2D eigenvalue weighted by molar-refractivity contribution is 5.99. The van der Waals surface area contributed by atoms with Crippen LogP contribution >= 0.6 is 0 Å². The summed E-state index contributed by atoms with van der Waals surface area (Å²) in [7, 11) is 0. The van der Waals surface area contributed by atoms with Crippen LogP contribution in [0.3, 0.4) is 0 Å². The molecule has 0 aliphatic carbocycles. The van der Waals surface area contributed by atoms with Crippen LogP contribution in [0.1, 0.15) is 23.7 Å². The summed E-state index contributed by atoms with van der Waals surface area (Å²) >= 11 is 0. The second kappa shape index (κ2) is 4.50. The van der Waals surface area contributed by atoms with E-state index >= 15 is 0 Å². The Balaban J connectivity index is 2.89. The van der Waals surface area contributed by atoms with Crippen LogP contribution in [0, 0.1) is 0 Å². The molecule has 1 aromatic carbocycles. The maximum absolute atomic E-state index is 11.4. The fourth-order valence-corrected chi connectivity index (χ4v) is 1.09. The molecule has 0 unspecified atom stereocenters. The third-order valence-electron chi connectivity index (χ3n) is 1.78. The molecule has 0 saturated heterocycles. The van der Waals surface area contributed by atoms with E-state index in [-0.39, 0.29) is 17.1 Å². The molecule has 0 aliphatic heterocycles. The van der Waals surface area contributed by atoms with Gasteiger partial charge < -0.3 is 15.5 Å². The van der Waals surface area contributed by atoms with Gasteiger partial charge in [-0.3, -0.25) is 4.79 Å². The van der Waals surface area contributed by atoms with Gasteiger partial charge in [0.05, 0.1) is 0 Å². The lowest BCUT2D eigenvalue weighted by molar-refractivity contribution is 0.0948. The van der Waals surface area contributed by atoms with Crippen molar-refractivity contribution in [2.45, 2.75) is 13.3 Å². The van der Waals surface area contributed by atoms with Crippen molar-refractivity contribution in [3.05, 3.63) is 23.8 Å². The first-order valence-electron chi connectivity index (χ1n) is 4.46. The summed E-state index contributed by atoms with van der Waals surface area (Å²) in [6.45, 7) is 2.44. The lowest BCUT2D eigenvalue weighted by Crippen LogP contribution is -2.24. The first-order valence-corrected chi connectivity index (χ1v) is 4.46. The van der Waals surface area contributed by atoms with Gasteiger partial charge in [-0.2, -0.15) is 0 Å². The van der Waals surface area contributed by atoms with Crippen LogP contribution < -0.4 is 5.32 Å². The highest BCUT2D eigenvalue weighted by atomic mass is 16.3. The molecule has 1 aromatic rings. The summed E-state index contributed by atoms with van der Waals surface area (Å²) in [6.07, 6.45) is 0.806. The van der Waals surface area contributed by atoms with Gasteiger partial charge in [0, 0.05) is 6.54 Å². The molecule has 0 bridgehead atoms. The second-order valence-electron chi connectivity index (χ2n) is 2.93. The van der Waals surface area contributed by atoms with Crippen LogP contribution in [0.5, 0.6) is 11.5 Å². The van der Waals surface area contributed by atoms with E-state index in [9.17, 15) is 15.0 Å². The molecule has 3 N–H and O–H groups in total. The molecule has 0 saturated carbocycles. The Hall–Kier alpha value is -1.71. The molecule has 1 amide bonds. The number of benzene rings is 1. The maximum atomic E-state index is 11.4. The normalized spacial score (nSPS) is 9.79. The van der Waals surface area contributed by atoms with E-state index in [2.05, 4.69) is 5.32 Å². The molecule has 0 atom stereocenters. The zero-order chi connectivity index (χ0) is 10.6. The molecule has 0 heterocycles. The van der Waals surface area contributed by atoms with Crippen LogP contribution in [0.25, 0.3) is 0 Å². The van der Waals surface area contributed by atoms with E-state index in [1.807, 2.05) is 6.92 Å². The Morgan fingerprint density at radius 3 is 2.43 bits per heavy atom. The minimum Gasteiger partial charge on any atom is -0.507 e. The minimum absolute atomic E-state index is 0.0686. The van der Waals surface area contributed by atoms with Gasteiger partial charge in [0.1, 0.15) is 17.1 Å². The van der Waals surface area contributed by atoms with E-state index in [1.165, 1.54) is 18.2 Å². The number of rotatable bonds is 3. The largest absolute Gasteiger partial charge is 0.507 e. The molecule has 0 aliphatic rings. The number of nitrogens with one attached hydrogen (secondary N) is 1. The summed E-state index contributed by atoms with van der Waals surface area (Å²) in [5, 5.41) is 21.3. The van der Waals surface area contributed by atoms with Crippen molar-refractivity contribution in [3.8, 4) is 11.5 Å². The van der Waals surface area contributed by atoms with E-state index in [0.717, 1.165) is 6.42 Å². The number of hydrogen-bond acceptors (Lipinski definition) is 3. The van der Waals surface area contributed by atoms with Crippen molar-refractivity contribution < 1.29 is 15.0 Å². The number of aromatic hydroxyl groups is 2. The third-order valence-corrected chi connectivity index (χ3v) is 1.78. The summed E-state index contributed by atoms with van der Waals surface area (Å²) < 4.78 is 0.